The molecular weight excluding hydrogens is 314 g/mol. The van der Waals surface area contributed by atoms with E-state index in [2.05, 4.69) is 10.2 Å². The Hall–Kier alpha value is -1.88. The Labute approximate surface area is 139 Å². The maximum atomic E-state index is 12.6. The predicted octanol–water partition coefficient (Wildman–Crippen LogP) is 3.62. The molecule has 2 fully saturated rings. The maximum absolute atomic E-state index is 12.6. The molecule has 0 N–H and O–H groups in total. The molecule has 0 spiro atoms. The molecule has 1 saturated carbocycles. The number of nitrogens with zero attached hydrogens (tertiary/aromatic N) is 3. The van der Waals surface area contributed by atoms with Gasteiger partial charge in [-0.05, 0) is 37.8 Å². The zero-order chi connectivity index (χ0) is 15.8. The Morgan fingerprint density at radius 3 is 2.26 bits per heavy atom. The second kappa shape index (κ2) is 5.96. The molecule has 6 heteroatoms. The summed E-state index contributed by atoms with van der Waals surface area (Å²) >= 11 is 6.12. The molecule has 1 aliphatic heterocycles. The molecule has 0 unspecified atom stereocenters. The number of carbonyl (C=O) groups is 1. The smallest absolute Gasteiger partial charge is 0.255 e. The van der Waals surface area contributed by atoms with Crippen LogP contribution in [0.5, 0.6) is 0 Å². The van der Waals surface area contributed by atoms with Crippen molar-refractivity contribution in [3.8, 4) is 0 Å². The number of amides is 1. The Morgan fingerprint density at radius 2 is 1.65 bits per heavy atom. The van der Waals surface area contributed by atoms with Crippen LogP contribution in [0.15, 0.2) is 28.7 Å². The third-order valence-electron chi connectivity index (χ3n) is 4.62. The average Bonchev–Trinajstić information content (AvgIpc) is 3.32. The van der Waals surface area contributed by atoms with E-state index in [1.165, 1.54) is 0 Å². The van der Waals surface area contributed by atoms with Crippen LogP contribution in [0.4, 0.5) is 0 Å². The molecule has 1 aromatic heterocycles. The molecule has 120 valence electrons. The van der Waals surface area contributed by atoms with Gasteiger partial charge in [-0.15, -0.1) is 10.2 Å². The van der Waals surface area contributed by atoms with Crippen molar-refractivity contribution in [3.05, 3.63) is 46.6 Å². The molecule has 0 bridgehead atoms. The number of aromatic nitrogens is 2. The second-order valence-corrected chi connectivity index (χ2v) is 6.71. The van der Waals surface area contributed by atoms with Gasteiger partial charge in [0.25, 0.3) is 5.91 Å². The maximum Gasteiger partial charge on any atom is 0.255 e. The van der Waals surface area contributed by atoms with Gasteiger partial charge in [0.05, 0.1) is 10.6 Å². The molecule has 2 aliphatic rings. The van der Waals surface area contributed by atoms with Crippen molar-refractivity contribution in [2.75, 3.05) is 13.1 Å². The zero-order valence-corrected chi connectivity index (χ0v) is 13.5. The topological polar surface area (TPSA) is 59.2 Å². The first-order valence-corrected chi connectivity index (χ1v) is 8.47. The second-order valence-electron chi connectivity index (χ2n) is 6.30. The minimum atomic E-state index is -0.00162. The molecular formula is C17H18ClN3O2. The minimum absolute atomic E-state index is 0.00162. The Kier molecular flexibility index (Phi) is 3.81. The van der Waals surface area contributed by atoms with E-state index in [1.54, 1.807) is 12.1 Å². The van der Waals surface area contributed by atoms with E-state index in [9.17, 15) is 4.79 Å². The van der Waals surface area contributed by atoms with Crippen LogP contribution in [0.1, 0.15) is 59.7 Å². The summed E-state index contributed by atoms with van der Waals surface area (Å²) in [7, 11) is 0. The van der Waals surface area contributed by atoms with Gasteiger partial charge in [0.15, 0.2) is 0 Å². The fourth-order valence-electron chi connectivity index (χ4n) is 3.04. The Balaban J connectivity index is 1.40. The van der Waals surface area contributed by atoms with E-state index in [-0.39, 0.29) is 11.8 Å². The lowest BCUT2D eigenvalue weighted by atomic mass is 9.96. The number of halogens is 1. The average molecular weight is 332 g/mol. The predicted molar refractivity (Wildman–Crippen MR) is 85.6 cm³/mol. The number of hydrogen-bond acceptors (Lipinski definition) is 4. The highest BCUT2D eigenvalue weighted by molar-refractivity contribution is 6.33. The van der Waals surface area contributed by atoms with Gasteiger partial charge >= 0.3 is 0 Å². The third-order valence-corrected chi connectivity index (χ3v) is 4.95. The summed E-state index contributed by atoms with van der Waals surface area (Å²) in [6, 6.07) is 7.19. The number of carbonyl (C=O) groups excluding carboxylic acids is 1. The SMILES string of the molecule is O=C(c1ccccc1Cl)N1CCC(c2nnc(C3CC3)o2)CC1. The largest absolute Gasteiger partial charge is 0.425 e. The lowest BCUT2D eigenvalue weighted by Gasteiger charge is -2.30. The van der Waals surface area contributed by atoms with Crippen LogP contribution in [0, 0.1) is 0 Å². The van der Waals surface area contributed by atoms with Crippen molar-refractivity contribution < 1.29 is 9.21 Å². The highest BCUT2D eigenvalue weighted by Crippen LogP contribution is 2.40. The van der Waals surface area contributed by atoms with E-state index < -0.39 is 0 Å². The van der Waals surface area contributed by atoms with Crippen LogP contribution in [-0.4, -0.2) is 34.1 Å². The number of likely N-dealkylation sites (tertiary alicyclic amines) is 1. The monoisotopic (exact) mass is 331 g/mol. The van der Waals surface area contributed by atoms with Crippen molar-refractivity contribution >= 4 is 17.5 Å². The van der Waals surface area contributed by atoms with Gasteiger partial charge < -0.3 is 9.32 Å². The fraction of sp³-hybridized carbons (Fsp3) is 0.471. The molecule has 2 aromatic rings. The molecule has 23 heavy (non-hydrogen) atoms. The van der Waals surface area contributed by atoms with Crippen molar-refractivity contribution in [3.63, 3.8) is 0 Å². The molecule has 0 atom stereocenters. The van der Waals surface area contributed by atoms with Gasteiger partial charge in [-0.2, -0.15) is 0 Å². The normalized spacial score (nSPS) is 19.1. The van der Waals surface area contributed by atoms with E-state index in [0.29, 0.717) is 29.6 Å². The highest BCUT2D eigenvalue weighted by Gasteiger charge is 2.32. The summed E-state index contributed by atoms with van der Waals surface area (Å²) in [4.78, 5) is 14.4. The molecule has 1 saturated heterocycles. The minimum Gasteiger partial charge on any atom is -0.425 e. The Bertz CT molecular complexity index is 718. The highest BCUT2D eigenvalue weighted by atomic mass is 35.5. The number of rotatable bonds is 3. The van der Waals surface area contributed by atoms with Crippen LogP contribution >= 0.6 is 11.6 Å². The number of piperidine rings is 1. The summed E-state index contributed by atoms with van der Waals surface area (Å²) in [5.41, 5.74) is 0.571. The zero-order valence-electron chi connectivity index (χ0n) is 12.7. The first-order valence-electron chi connectivity index (χ1n) is 8.09. The molecule has 4 rings (SSSR count). The lowest BCUT2D eigenvalue weighted by Crippen LogP contribution is -2.38. The standard InChI is InChI=1S/C17H18ClN3O2/c18-14-4-2-1-3-13(14)17(22)21-9-7-12(8-10-21)16-20-19-15(23-16)11-5-6-11/h1-4,11-12H,5-10H2. The van der Waals surface area contributed by atoms with Crippen LogP contribution in [0.2, 0.25) is 5.02 Å². The van der Waals surface area contributed by atoms with Crippen LogP contribution in [0.25, 0.3) is 0 Å². The first-order chi connectivity index (χ1) is 11.2. The Morgan fingerprint density at radius 1 is 1.04 bits per heavy atom. The van der Waals surface area contributed by atoms with Crippen molar-refractivity contribution in [2.24, 2.45) is 0 Å². The summed E-state index contributed by atoms with van der Waals surface area (Å²) < 4.78 is 5.80. The van der Waals surface area contributed by atoms with Crippen molar-refractivity contribution in [1.29, 1.82) is 0 Å². The van der Waals surface area contributed by atoms with Crippen LogP contribution < -0.4 is 0 Å². The molecule has 1 amide bonds. The van der Waals surface area contributed by atoms with Gasteiger partial charge in [-0.3, -0.25) is 4.79 Å². The van der Waals surface area contributed by atoms with E-state index in [1.807, 2.05) is 17.0 Å². The molecule has 2 heterocycles. The van der Waals surface area contributed by atoms with Crippen LogP contribution in [-0.2, 0) is 0 Å². The van der Waals surface area contributed by atoms with Crippen molar-refractivity contribution in [1.82, 2.24) is 15.1 Å². The van der Waals surface area contributed by atoms with Gasteiger partial charge in [0.2, 0.25) is 11.8 Å². The molecule has 5 nitrogen and oxygen atoms in total. The number of hydrogen-bond donors (Lipinski definition) is 0. The van der Waals surface area contributed by atoms with Crippen LogP contribution in [0.3, 0.4) is 0 Å². The number of benzene rings is 1. The van der Waals surface area contributed by atoms with E-state index >= 15 is 0 Å². The summed E-state index contributed by atoms with van der Waals surface area (Å²) in [6.45, 7) is 1.38. The van der Waals surface area contributed by atoms with Gasteiger partial charge in [0, 0.05) is 24.9 Å². The fourth-order valence-corrected chi connectivity index (χ4v) is 3.26. The quantitative estimate of drug-likeness (QED) is 0.861. The first kappa shape index (κ1) is 14.7. The lowest BCUT2D eigenvalue weighted by molar-refractivity contribution is 0.0706. The summed E-state index contributed by atoms with van der Waals surface area (Å²) in [5.74, 6) is 2.26. The van der Waals surface area contributed by atoms with E-state index in [4.69, 9.17) is 16.0 Å². The van der Waals surface area contributed by atoms with Gasteiger partial charge in [-0.1, -0.05) is 23.7 Å². The summed E-state index contributed by atoms with van der Waals surface area (Å²) in [5, 5.41) is 8.86. The molecule has 0 radical (unpaired) electrons. The summed E-state index contributed by atoms with van der Waals surface area (Å²) in [6.07, 6.45) is 4.02. The van der Waals surface area contributed by atoms with Crippen molar-refractivity contribution in [2.45, 2.75) is 37.5 Å². The third kappa shape index (κ3) is 2.98. The van der Waals surface area contributed by atoms with Gasteiger partial charge in [-0.25, -0.2) is 0 Å². The molecule has 1 aromatic carbocycles. The van der Waals surface area contributed by atoms with E-state index in [0.717, 1.165) is 37.5 Å². The van der Waals surface area contributed by atoms with Gasteiger partial charge in [0.1, 0.15) is 0 Å². The molecule has 1 aliphatic carbocycles.